The fraction of sp³-hybridized carbons (Fsp3) is 1.00. The molecule has 0 aliphatic carbocycles. The molecule has 1 unspecified atom stereocenters. The first-order valence-corrected chi connectivity index (χ1v) is 2.72. The van der Waals surface area contributed by atoms with Gasteiger partial charge in [-0.3, -0.25) is 0 Å². The lowest BCUT2D eigenvalue weighted by atomic mass is 10.7. The van der Waals surface area contributed by atoms with Crippen molar-refractivity contribution in [2.24, 2.45) is 10.9 Å². The molecule has 0 aromatic rings. The van der Waals surface area contributed by atoms with Gasteiger partial charge in [-0.25, -0.2) is 0 Å². The lowest BCUT2D eigenvalue weighted by Crippen LogP contribution is -2.09. The minimum atomic E-state index is -0.248. The molecule has 1 atom stereocenters. The highest BCUT2D eigenvalue weighted by atomic mass is 127. The van der Waals surface area contributed by atoms with E-state index >= 15 is 0 Å². The number of nitroso groups, excluding NO2 is 1. The quantitative estimate of drug-likeness (QED) is 0.305. The second-order valence-electron chi connectivity index (χ2n) is 0.776. The van der Waals surface area contributed by atoms with Gasteiger partial charge in [-0.05, 0) is 0 Å². The molecule has 0 bridgehead atoms. The summed E-state index contributed by atoms with van der Waals surface area (Å²) in [5.74, 6) is 0. The van der Waals surface area contributed by atoms with Gasteiger partial charge in [-0.1, -0.05) is 27.8 Å². The standard InChI is InChI=1S/C2H5IN2O/c3-2(1-4)5-6/h2H,1,4H2. The molecule has 0 radical (unpaired) electrons. The highest BCUT2D eigenvalue weighted by Crippen LogP contribution is 1.95. The first-order chi connectivity index (χ1) is 2.81. The van der Waals surface area contributed by atoms with Gasteiger partial charge in [-0.15, -0.1) is 4.91 Å². The Morgan fingerprint density at radius 2 is 2.50 bits per heavy atom. The zero-order chi connectivity index (χ0) is 4.99. The van der Waals surface area contributed by atoms with Gasteiger partial charge in [-0.2, -0.15) is 0 Å². The molecule has 0 saturated heterocycles. The molecule has 6 heavy (non-hydrogen) atoms. The minimum absolute atomic E-state index is 0.248. The summed E-state index contributed by atoms with van der Waals surface area (Å²) < 4.78 is -0.248. The summed E-state index contributed by atoms with van der Waals surface area (Å²) in [5, 5.41) is 2.62. The van der Waals surface area contributed by atoms with Crippen LogP contribution in [-0.4, -0.2) is 10.6 Å². The van der Waals surface area contributed by atoms with Crippen LogP contribution in [0.3, 0.4) is 0 Å². The van der Waals surface area contributed by atoms with Crippen LogP contribution in [0.25, 0.3) is 0 Å². The lowest BCUT2D eigenvalue weighted by Gasteiger charge is -1.86. The van der Waals surface area contributed by atoms with Crippen molar-refractivity contribution in [2.75, 3.05) is 6.54 Å². The molecule has 0 aliphatic rings. The molecule has 3 nitrogen and oxygen atoms in total. The van der Waals surface area contributed by atoms with Crippen molar-refractivity contribution in [2.45, 2.75) is 4.05 Å². The van der Waals surface area contributed by atoms with E-state index in [0.29, 0.717) is 6.54 Å². The van der Waals surface area contributed by atoms with Gasteiger partial charge in [0.25, 0.3) is 0 Å². The average molecular weight is 200 g/mol. The van der Waals surface area contributed by atoms with Crippen LogP contribution in [0.5, 0.6) is 0 Å². The summed E-state index contributed by atoms with van der Waals surface area (Å²) >= 11 is 1.87. The molecule has 0 rings (SSSR count). The Labute approximate surface area is 49.4 Å². The fourth-order valence-corrected chi connectivity index (χ4v) is 0.0430. The van der Waals surface area contributed by atoms with E-state index in [1.165, 1.54) is 0 Å². The van der Waals surface area contributed by atoms with E-state index in [1.54, 1.807) is 0 Å². The molecular weight excluding hydrogens is 195 g/mol. The van der Waals surface area contributed by atoms with Crippen LogP contribution < -0.4 is 5.73 Å². The molecule has 0 aromatic carbocycles. The van der Waals surface area contributed by atoms with Gasteiger partial charge in [0.05, 0.1) is 0 Å². The van der Waals surface area contributed by atoms with Crippen molar-refractivity contribution in [1.82, 2.24) is 0 Å². The first-order valence-electron chi connectivity index (χ1n) is 1.48. The Hall–Kier alpha value is 0.290. The third-order valence-electron chi connectivity index (χ3n) is 0.309. The molecule has 36 valence electrons. The molecule has 2 N–H and O–H groups in total. The summed E-state index contributed by atoms with van der Waals surface area (Å²) in [6, 6.07) is 0. The number of halogens is 1. The van der Waals surface area contributed by atoms with Crippen LogP contribution >= 0.6 is 22.6 Å². The van der Waals surface area contributed by atoms with Crippen LogP contribution in [0.4, 0.5) is 0 Å². The monoisotopic (exact) mass is 200 g/mol. The molecule has 0 amide bonds. The Balaban J connectivity index is 2.96. The van der Waals surface area contributed by atoms with Gasteiger partial charge < -0.3 is 5.73 Å². The third-order valence-corrected chi connectivity index (χ3v) is 1.04. The van der Waals surface area contributed by atoms with Gasteiger partial charge in [0.1, 0.15) is 0 Å². The highest BCUT2D eigenvalue weighted by Gasteiger charge is 1.93. The van der Waals surface area contributed by atoms with E-state index in [2.05, 4.69) is 5.18 Å². The fourth-order valence-electron chi connectivity index (χ4n) is 0.0430. The lowest BCUT2D eigenvalue weighted by molar-refractivity contribution is 0.937. The van der Waals surface area contributed by atoms with E-state index in [1.807, 2.05) is 22.6 Å². The summed E-state index contributed by atoms with van der Waals surface area (Å²) in [6.45, 7) is 0.337. The Bertz CT molecular complexity index is 48.8. The van der Waals surface area contributed by atoms with Crippen molar-refractivity contribution in [1.29, 1.82) is 0 Å². The van der Waals surface area contributed by atoms with Crippen molar-refractivity contribution < 1.29 is 0 Å². The Morgan fingerprint density at radius 3 is 2.50 bits per heavy atom. The number of nitrogens with two attached hydrogens (primary N) is 1. The summed E-state index contributed by atoms with van der Waals surface area (Å²) in [7, 11) is 0. The summed E-state index contributed by atoms with van der Waals surface area (Å²) in [6.07, 6.45) is 0. The van der Waals surface area contributed by atoms with Gasteiger partial charge in [0, 0.05) is 6.54 Å². The number of rotatable bonds is 2. The molecule has 0 fully saturated rings. The van der Waals surface area contributed by atoms with Crippen LogP contribution in [0.1, 0.15) is 0 Å². The first kappa shape index (κ1) is 6.29. The summed E-state index contributed by atoms with van der Waals surface area (Å²) in [4.78, 5) is 9.40. The maximum absolute atomic E-state index is 9.40. The van der Waals surface area contributed by atoms with Gasteiger partial charge >= 0.3 is 0 Å². The molecule has 0 saturated carbocycles. The van der Waals surface area contributed by atoms with E-state index in [0.717, 1.165) is 0 Å². The largest absolute Gasteiger partial charge is 0.328 e. The molecule has 0 aliphatic heterocycles. The number of hydrogen-bond acceptors (Lipinski definition) is 3. The van der Waals surface area contributed by atoms with E-state index in [4.69, 9.17) is 5.73 Å². The van der Waals surface area contributed by atoms with Gasteiger partial charge in [0.2, 0.25) is 0 Å². The number of alkyl halides is 1. The number of hydrogen-bond donors (Lipinski definition) is 1. The number of nitrogens with zero attached hydrogens (tertiary/aromatic N) is 1. The molecule has 0 aromatic heterocycles. The van der Waals surface area contributed by atoms with E-state index in [9.17, 15) is 4.91 Å². The maximum Gasteiger partial charge on any atom is 0.155 e. The predicted molar refractivity (Wildman–Crippen MR) is 32.7 cm³/mol. The smallest absolute Gasteiger partial charge is 0.155 e. The summed E-state index contributed by atoms with van der Waals surface area (Å²) in [5.41, 5.74) is 4.98. The van der Waals surface area contributed by atoms with Crippen molar-refractivity contribution in [3.8, 4) is 0 Å². The second-order valence-corrected chi connectivity index (χ2v) is 2.21. The minimum Gasteiger partial charge on any atom is -0.328 e. The van der Waals surface area contributed by atoms with E-state index in [-0.39, 0.29) is 4.05 Å². The Kier molecular flexibility index (Phi) is 3.65. The highest BCUT2D eigenvalue weighted by molar-refractivity contribution is 14.1. The van der Waals surface area contributed by atoms with E-state index < -0.39 is 0 Å². The van der Waals surface area contributed by atoms with Gasteiger partial charge in [0.15, 0.2) is 4.05 Å². The zero-order valence-corrected chi connectivity index (χ0v) is 5.25. The van der Waals surface area contributed by atoms with Crippen molar-refractivity contribution in [3.63, 3.8) is 0 Å². The normalized spacial score (nSPS) is 13.7. The predicted octanol–water partition coefficient (Wildman–Crippen LogP) is 0.473. The van der Waals surface area contributed by atoms with Crippen LogP contribution in [-0.2, 0) is 0 Å². The topological polar surface area (TPSA) is 55.4 Å². The molecule has 4 heteroatoms. The van der Waals surface area contributed by atoms with Crippen LogP contribution in [0.2, 0.25) is 0 Å². The van der Waals surface area contributed by atoms with Crippen LogP contribution in [0.15, 0.2) is 5.18 Å². The third kappa shape index (κ3) is 2.52. The molecule has 0 spiro atoms. The zero-order valence-electron chi connectivity index (χ0n) is 3.10. The maximum atomic E-state index is 9.40. The second kappa shape index (κ2) is 3.48. The Morgan fingerprint density at radius 1 is 2.00 bits per heavy atom. The van der Waals surface area contributed by atoms with Crippen molar-refractivity contribution in [3.05, 3.63) is 4.91 Å². The SMILES string of the molecule is NCC(I)N=O. The van der Waals surface area contributed by atoms with Crippen molar-refractivity contribution >= 4 is 22.6 Å². The molecule has 0 heterocycles. The molecular formula is C2H5IN2O. The average Bonchev–Trinajstić information content (AvgIpc) is 1.65. The van der Waals surface area contributed by atoms with Crippen LogP contribution in [0, 0.1) is 4.91 Å².